The lowest BCUT2D eigenvalue weighted by atomic mass is 9.98. The van der Waals surface area contributed by atoms with Gasteiger partial charge in [-0.2, -0.15) is 0 Å². The highest BCUT2D eigenvalue weighted by Gasteiger charge is 2.17. The fourth-order valence-corrected chi connectivity index (χ4v) is 5.93. The Kier molecular flexibility index (Phi) is 13.5. The topological polar surface area (TPSA) is 102 Å². The number of benzene rings is 4. The minimum atomic E-state index is -0.989. The third kappa shape index (κ3) is 10.9. The molecule has 0 heterocycles. The molecule has 0 saturated carbocycles. The second kappa shape index (κ2) is 17.9. The molecule has 4 aromatic rings. The third-order valence-corrected chi connectivity index (χ3v) is 8.70. The summed E-state index contributed by atoms with van der Waals surface area (Å²) in [7, 11) is 0. The third-order valence-electron chi connectivity index (χ3n) is 7.78. The van der Waals surface area contributed by atoms with E-state index in [2.05, 4.69) is 68.5 Å². The summed E-state index contributed by atoms with van der Waals surface area (Å²) in [5.74, 6) is 0.182. The second-order valence-corrected chi connectivity index (χ2v) is 12.4. The predicted molar refractivity (Wildman–Crippen MR) is 193 cm³/mol. The summed E-state index contributed by atoms with van der Waals surface area (Å²) in [5, 5.41) is 18.1. The Bertz CT molecular complexity index is 1720. The number of aliphatic carboxylic acids is 2. The van der Waals surface area contributed by atoms with Gasteiger partial charge in [-0.05, 0) is 109 Å². The first-order chi connectivity index (χ1) is 23.1. The van der Waals surface area contributed by atoms with Crippen molar-refractivity contribution in [1.82, 2.24) is 0 Å². The lowest BCUT2D eigenvalue weighted by Crippen LogP contribution is -2.26. The Morgan fingerprint density at radius 3 is 1.94 bits per heavy atom. The van der Waals surface area contributed by atoms with Crippen molar-refractivity contribution < 1.29 is 34.0 Å². The quantitative estimate of drug-likeness (QED) is 0.108. The Morgan fingerprint density at radius 1 is 0.792 bits per heavy atom. The number of hydrogen-bond donors (Lipinski definition) is 2. The van der Waals surface area contributed by atoms with Gasteiger partial charge in [0.1, 0.15) is 18.1 Å². The zero-order chi connectivity index (χ0) is 34.5. The Balaban J connectivity index is 1.26. The van der Waals surface area contributed by atoms with Gasteiger partial charge in [-0.25, -0.2) is 9.59 Å². The number of hydrogen-bond acceptors (Lipinski definition) is 6. The standard InChI is InChI=1S/C40H42O7S/c1-5-45-38(40(43)44)25-30-6-16-35(17-7-30)46-22-20-27(2)31-8-12-33(13-9-31)34-14-10-32(11-15-34)28(3)21-23-48-36-18-19-37(29(4)24-36)47-26-39(41)42/h6-21,24,38H,5,22-23,25-26H2,1-4H3,(H,41,42)(H,43,44). The maximum Gasteiger partial charge on any atom is 0.341 e. The molecule has 0 aliphatic rings. The van der Waals surface area contributed by atoms with Gasteiger partial charge >= 0.3 is 11.9 Å². The van der Waals surface area contributed by atoms with Crippen LogP contribution >= 0.6 is 11.8 Å². The van der Waals surface area contributed by atoms with E-state index >= 15 is 0 Å². The molecule has 0 aliphatic heterocycles. The number of carbonyl (C=O) groups is 2. The summed E-state index contributed by atoms with van der Waals surface area (Å²) >= 11 is 1.72. The van der Waals surface area contributed by atoms with Crippen LogP contribution in [0.2, 0.25) is 0 Å². The molecule has 0 aromatic heterocycles. The minimum absolute atomic E-state index is 0.312. The number of carboxylic acids is 2. The molecule has 4 aromatic carbocycles. The number of ether oxygens (including phenoxy) is 3. The SMILES string of the molecule is CCOC(Cc1ccc(OCC=C(C)c2ccc(-c3ccc(C(C)=CCSc4ccc(OCC(=O)O)c(C)c4)cc3)cc2)cc1)C(=O)O. The van der Waals surface area contributed by atoms with Crippen LogP contribution in [0.25, 0.3) is 22.3 Å². The van der Waals surface area contributed by atoms with E-state index in [1.54, 1.807) is 18.7 Å². The van der Waals surface area contributed by atoms with Crippen LogP contribution in [-0.2, 0) is 20.7 Å². The number of aryl methyl sites for hydroxylation is 1. The minimum Gasteiger partial charge on any atom is -0.490 e. The zero-order valence-corrected chi connectivity index (χ0v) is 28.6. The van der Waals surface area contributed by atoms with E-state index in [4.69, 9.17) is 19.3 Å². The lowest BCUT2D eigenvalue weighted by Gasteiger charge is -2.12. The molecule has 250 valence electrons. The van der Waals surface area contributed by atoms with Crippen LogP contribution in [0.15, 0.2) is 108 Å². The van der Waals surface area contributed by atoms with Crippen LogP contribution in [-0.4, -0.2) is 53.8 Å². The summed E-state index contributed by atoms with van der Waals surface area (Å²) < 4.78 is 16.5. The molecule has 1 atom stereocenters. The fourth-order valence-electron chi connectivity index (χ4n) is 4.98. The molecule has 7 nitrogen and oxygen atoms in total. The molecule has 0 saturated heterocycles. The predicted octanol–water partition coefficient (Wildman–Crippen LogP) is 8.84. The van der Waals surface area contributed by atoms with Crippen LogP contribution < -0.4 is 9.47 Å². The molecule has 1 unspecified atom stereocenters. The molecular formula is C40H42O7S. The molecule has 0 fully saturated rings. The number of thioether (sulfide) groups is 1. The first-order valence-corrected chi connectivity index (χ1v) is 16.8. The van der Waals surface area contributed by atoms with Crippen LogP contribution in [0.4, 0.5) is 0 Å². The van der Waals surface area contributed by atoms with E-state index in [1.165, 1.54) is 11.1 Å². The van der Waals surface area contributed by atoms with Crippen LogP contribution in [0, 0.1) is 6.92 Å². The van der Waals surface area contributed by atoms with Gasteiger partial charge in [-0.3, -0.25) is 0 Å². The summed E-state index contributed by atoms with van der Waals surface area (Å²) in [6.45, 7) is 8.32. The first-order valence-electron chi connectivity index (χ1n) is 15.8. The molecule has 0 aliphatic carbocycles. The monoisotopic (exact) mass is 666 g/mol. The van der Waals surface area contributed by atoms with Gasteiger partial charge in [-0.1, -0.05) is 66.7 Å². The van der Waals surface area contributed by atoms with Crippen molar-refractivity contribution in [1.29, 1.82) is 0 Å². The maximum atomic E-state index is 11.3. The maximum absolute atomic E-state index is 11.3. The molecule has 0 amide bonds. The first kappa shape index (κ1) is 36.1. The van der Waals surface area contributed by atoms with E-state index < -0.39 is 18.0 Å². The lowest BCUT2D eigenvalue weighted by molar-refractivity contribution is -0.150. The van der Waals surface area contributed by atoms with Gasteiger partial charge in [0, 0.05) is 23.7 Å². The summed E-state index contributed by atoms with van der Waals surface area (Å²) in [6, 6.07) is 30.3. The number of rotatable bonds is 17. The smallest absolute Gasteiger partial charge is 0.341 e. The average molecular weight is 667 g/mol. The van der Waals surface area contributed by atoms with Crippen LogP contribution in [0.1, 0.15) is 43.0 Å². The molecule has 4 rings (SSSR count). The average Bonchev–Trinajstić information content (AvgIpc) is 3.08. The van der Waals surface area contributed by atoms with E-state index in [-0.39, 0.29) is 6.61 Å². The van der Waals surface area contributed by atoms with Gasteiger partial charge in [-0.15, -0.1) is 11.8 Å². The summed E-state index contributed by atoms with van der Waals surface area (Å²) in [4.78, 5) is 23.2. The van der Waals surface area contributed by atoms with Crippen molar-refractivity contribution in [2.45, 2.75) is 45.1 Å². The van der Waals surface area contributed by atoms with Gasteiger partial charge < -0.3 is 24.4 Å². The van der Waals surface area contributed by atoms with Crippen molar-refractivity contribution >= 4 is 34.8 Å². The molecular weight excluding hydrogens is 625 g/mol. The molecule has 48 heavy (non-hydrogen) atoms. The second-order valence-electron chi connectivity index (χ2n) is 11.3. The van der Waals surface area contributed by atoms with Crippen LogP contribution in [0.5, 0.6) is 11.5 Å². The Hall–Kier alpha value is -4.79. The highest BCUT2D eigenvalue weighted by molar-refractivity contribution is 7.99. The van der Waals surface area contributed by atoms with Gasteiger partial charge in [0.25, 0.3) is 0 Å². The molecule has 2 N–H and O–H groups in total. The fraction of sp³-hybridized carbons (Fsp3) is 0.250. The van der Waals surface area contributed by atoms with Crippen molar-refractivity contribution in [2.75, 3.05) is 25.6 Å². The van der Waals surface area contributed by atoms with E-state index in [1.807, 2.05) is 55.5 Å². The Morgan fingerprint density at radius 2 is 1.40 bits per heavy atom. The highest BCUT2D eigenvalue weighted by atomic mass is 32.2. The summed E-state index contributed by atoms with van der Waals surface area (Å²) in [5.41, 5.74) is 8.71. The van der Waals surface area contributed by atoms with Crippen molar-refractivity contribution in [2.24, 2.45) is 0 Å². The van der Waals surface area contributed by atoms with Crippen molar-refractivity contribution in [3.63, 3.8) is 0 Å². The number of allylic oxidation sites excluding steroid dienone is 2. The number of carboxylic acid groups (broad SMARTS) is 2. The molecule has 0 radical (unpaired) electrons. The zero-order valence-electron chi connectivity index (χ0n) is 27.8. The van der Waals surface area contributed by atoms with Gasteiger partial charge in [0.15, 0.2) is 12.7 Å². The normalized spacial score (nSPS) is 12.4. The molecule has 8 heteroatoms. The van der Waals surface area contributed by atoms with Gasteiger partial charge in [0.05, 0.1) is 0 Å². The Labute approximate surface area is 286 Å². The van der Waals surface area contributed by atoms with E-state index in [0.717, 1.165) is 49.8 Å². The van der Waals surface area contributed by atoms with Crippen molar-refractivity contribution in [3.8, 4) is 22.6 Å². The van der Waals surface area contributed by atoms with Crippen molar-refractivity contribution in [3.05, 3.63) is 125 Å². The summed E-state index contributed by atoms with van der Waals surface area (Å²) in [6.07, 6.45) is 3.73. The molecule has 0 spiro atoms. The van der Waals surface area contributed by atoms with Gasteiger partial charge in [0.2, 0.25) is 0 Å². The molecule has 0 bridgehead atoms. The van der Waals surface area contributed by atoms with Crippen LogP contribution in [0.3, 0.4) is 0 Å². The van der Waals surface area contributed by atoms with E-state index in [9.17, 15) is 14.7 Å². The largest absolute Gasteiger partial charge is 0.490 e. The van der Waals surface area contributed by atoms with E-state index in [0.29, 0.717) is 25.4 Å². The highest BCUT2D eigenvalue weighted by Crippen LogP contribution is 2.28.